The van der Waals surface area contributed by atoms with E-state index in [1.54, 1.807) is 0 Å². The average Bonchev–Trinajstić information content (AvgIpc) is 2.12. The fraction of sp³-hybridized carbons (Fsp3) is 0.200. The number of carbonyl (C=O) groups is 2. The third kappa shape index (κ3) is 2.34. The highest BCUT2D eigenvalue weighted by molar-refractivity contribution is 7.86. The molecule has 0 aliphatic rings. The summed E-state index contributed by atoms with van der Waals surface area (Å²) < 4.78 is 31.3. The largest absolute Gasteiger partial charge is 0.478 e. The van der Waals surface area contributed by atoms with Crippen molar-refractivity contribution in [1.82, 2.24) is 0 Å². The van der Waals surface area contributed by atoms with Gasteiger partial charge >= 0.3 is 11.9 Å². The zero-order chi connectivity index (χ0) is 14.2. The number of aryl methyl sites for hydroxylation is 1. The minimum atomic E-state index is -4.62. The summed E-state index contributed by atoms with van der Waals surface area (Å²) in [5.74, 6) is -3.06. The number of benzene rings is 1. The first-order valence-electron chi connectivity index (χ1n) is 4.65. The van der Waals surface area contributed by atoms with Crippen molar-refractivity contribution < 1.29 is 32.8 Å². The summed E-state index contributed by atoms with van der Waals surface area (Å²) in [6.07, 6.45) is 0. The van der Waals surface area contributed by atoms with Crippen molar-refractivity contribution in [2.45, 2.75) is 18.7 Å². The standard InChI is InChI=1S/C10H10O7S/c1-4-3-6(9(11)12)7(10(13)14)5(2)8(4)18(15,16)17/h3H,1-2H3,(H,11,12)(H,13,14)(H,15,16,17). The van der Waals surface area contributed by atoms with E-state index in [0.29, 0.717) is 0 Å². The van der Waals surface area contributed by atoms with Gasteiger partial charge in [0.05, 0.1) is 11.1 Å². The van der Waals surface area contributed by atoms with Gasteiger partial charge < -0.3 is 10.2 Å². The molecule has 8 heteroatoms. The van der Waals surface area contributed by atoms with Crippen LogP contribution < -0.4 is 0 Å². The van der Waals surface area contributed by atoms with Gasteiger partial charge in [-0.1, -0.05) is 0 Å². The maximum atomic E-state index is 11.1. The molecule has 0 radical (unpaired) electrons. The molecular formula is C10H10O7S. The maximum Gasteiger partial charge on any atom is 0.336 e. The zero-order valence-electron chi connectivity index (χ0n) is 9.46. The molecule has 98 valence electrons. The quantitative estimate of drug-likeness (QED) is 0.699. The fourth-order valence-corrected chi connectivity index (χ4v) is 2.76. The van der Waals surface area contributed by atoms with E-state index in [1.165, 1.54) is 6.92 Å². The Morgan fingerprint density at radius 1 is 1.11 bits per heavy atom. The summed E-state index contributed by atoms with van der Waals surface area (Å²) in [7, 11) is -4.62. The second kappa shape index (κ2) is 4.39. The first kappa shape index (κ1) is 14.1. The Bertz CT molecular complexity index is 643. The number of aromatic carboxylic acids is 2. The van der Waals surface area contributed by atoms with Gasteiger partial charge in [-0.25, -0.2) is 9.59 Å². The lowest BCUT2D eigenvalue weighted by molar-refractivity contribution is 0.0650. The van der Waals surface area contributed by atoms with Gasteiger partial charge in [-0.3, -0.25) is 4.55 Å². The van der Waals surface area contributed by atoms with Gasteiger partial charge in [0, 0.05) is 0 Å². The Morgan fingerprint density at radius 3 is 1.94 bits per heavy atom. The molecule has 0 saturated heterocycles. The average molecular weight is 274 g/mol. The first-order chi connectivity index (χ1) is 8.07. The zero-order valence-corrected chi connectivity index (χ0v) is 10.3. The van der Waals surface area contributed by atoms with Crippen molar-refractivity contribution in [3.63, 3.8) is 0 Å². The molecule has 0 bridgehead atoms. The van der Waals surface area contributed by atoms with Crippen LogP contribution in [0.2, 0.25) is 0 Å². The Morgan fingerprint density at radius 2 is 1.61 bits per heavy atom. The molecule has 0 saturated carbocycles. The van der Waals surface area contributed by atoms with Crippen LogP contribution in [0.1, 0.15) is 31.8 Å². The third-order valence-corrected chi connectivity index (χ3v) is 3.55. The summed E-state index contributed by atoms with van der Waals surface area (Å²) in [6.45, 7) is 2.40. The number of hydrogen-bond acceptors (Lipinski definition) is 4. The van der Waals surface area contributed by atoms with Gasteiger partial charge in [0.15, 0.2) is 0 Å². The summed E-state index contributed by atoms with van der Waals surface area (Å²) >= 11 is 0. The summed E-state index contributed by atoms with van der Waals surface area (Å²) in [5.41, 5.74) is -1.51. The molecular weight excluding hydrogens is 264 g/mol. The van der Waals surface area contributed by atoms with Gasteiger partial charge in [0.1, 0.15) is 4.90 Å². The van der Waals surface area contributed by atoms with Crippen molar-refractivity contribution >= 4 is 22.1 Å². The second-order valence-electron chi connectivity index (χ2n) is 3.66. The molecule has 0 aliphatic heterocycles. The topological polar surface area (TPSA) is 129 Å². The van der Waals surface area contributed by atoms with Crippen LogP contribution in [0.3, 0.4) is 0 Å². The van der Waals surface area contributed by atoms with Crippen LogP contribution >= 0.6 is 0 Å². The number of carboxylic acids is 2. The van der Waals surface area contributed by atoms with Crippen LogP contribution in [0.15, 0.2) is 11.0 Å². The Kier molecular flexibility index (Phi) is 3.45. The summed E-state index contributed by atoms with van der Waals surface area (Å²) in [5, 5.41) is 17.8. The molecule has 0 heterocycles. The number of hydrogen-bond donors (Lipinski definition) is 3. The van der Waals surface area contributed by atoms with E-state index in [4.69, 9.17) is 14.8 Å². The number of rotatable bonds is 3. The Balaban J connectivity index is 3.90. The number of carboxylic acid groups (broad SMARTS) is 2. The lowest BCUT2D eigenvalue weighted by Gasteiger charge is -2.12. The van der Waals surface area contributed by atoms with Crippen LogP contribution in [0, 0.1) is 13.8 Å². The molecule has 3 N–H and O–H groups in total. The molecule has 0 unspecified atom stereocenters. The van der Waals surface area contributed by atoms with Crippen molar-refractivity contribution in [1.29, 1.82) is 0 Å². The highest BCUT2D eigenvalue weighted by atomic mass is 32.2. The van der Waals surface area contributed by atoms with E-state index in [9.17, 15) is 18.0 Å². The SMILES string of the molecule is Cc1cc(C(=O)O)c(C(=O)O)c(C)c1S(=O)(=O)O. The minimum absolute atomic E-state index is 0.0302. The Hall–Kier alpha value is -1.93. The molecule has 1 rings (SSSR count). The van der Waals surface area contributed by atoms with E-state index in [-0.39, 0.29) is 11.1 Å². The van der Waals surface area contributed by atoms with E-state index in [2.05, 4.69) is 0 Å². The molecule has 0 aliphatic carbocycles. The van der Waals surface area contributed by atoms with Crippen molar-refractivity contribution in [2.24, 2.45) is 0 Å². The fourth-order valence-electron chi connectivity index (χ4n) is 1.81. The molecule has 0 atom stereocenters. The Labute approximate surface area is 102 Å². The predicted octanol–water partition coefficient (Wildman–Crippen LogP) is 0.947. The lowest BCUT2D eigenvalue weighted by Crippen LogP contribution is -2.15. The maximum absolute atomic E-state index is 11.1. The molecule has 0 spiro atoms. The van der Waals surface area contributed by atoms with E-state index < -0.39 is 38.1 Å². The van der Waals surface area contributed by atoms with Crippen molar-refractivity contribution in [3.05, 3.63) is 28.3 Å². The van der Waals surface area contributed by atoms with Crippen LogP contribution in [-0.4, -0.2) is 35.1 Å². The van der Waals surface area contributed by atoms with Crippen molar-refractivity contribution in [2.75, 3.05) is 0 Å². The molecule has 0 amide bonds. The highest BCUT2D eigenvalue weighted by Crippen LogP contribution is 2.26. The molecule has 1 aromatic rings. The van der Waals surface area contributed by atoms with Gasteiger partial charge in [0.25, 0.3) is 10.1 Å². The molecule has 0 fully saturated rings. The summed E-state index contributed by atoms with van der Waals surface area (Å²) in [6, 6.07) is 0.905. The van der Waals surface area contributed by atoms with Crippen molar-refractivity contribution in [3.8, 4) is 0 Å². The van der Waals surface area contributed by atoms with E-state index in [1.807, 2.05) is 0 Å². The monoisotopic (exact) mass is 274 g/mol. The van der Waals surface area contributed by atoms with Crippen LogP contribution in [0.25, 0.3) is 0 Å². The van der Waals surface area contributed by atoms with Crippen LogP contribution in [-0.2, 0) is 10.1 Å². The molecule has 18 heavy (non-hydrogen) atoms. The van der Waals surface area contributed by atoms with Crippen LogP contribution in [0.4, 0.5) is 0 Å². The molecule has 7 nitrogen and oxygen atoms in total. The lowest BCUT2D eigenvalue weighted by atomic mass is 9.99. The minimum Gasteiger partial charge on any atom is -0.478 e. The predicted molar refractivity (Wildman–Crippen MR) is 59.6 cm³/mol. The molecule has 1 aromatic carbocycles. The van der Waals surface area contributed by atoms with Crippen LogP contribution in [0.5, 0.6) is 0 Å². The first-order valence-corrected chi connectivity index (χ1v) is 6.09. The van der Waals surface area contributed by atoms with E-state index >= 15 is 0 Å². The van der Waals surface area contributed by atoms with Gasteiger partial charge in [0.2, 0.25) is 0 Å². The smallest absolute Gasteiger partial charge is 0.336 e. The second-order valence-corrected chi connectivity index (χ2v) is 5.01. The van der Waals surface area contributed by atoms with Gasteiger partial charge in [-0.05, 0) is 31.0 Å². The van der Waals surface area contributed by atoms with Gasteiger partial charge in [-0.15, -0.1) is 0 Å². The highest BCUT2D eigenvalue weighted by Gasteiger charge is 2.27. The van der Waals surface area contributed by atoms with Gasteiger partial charge in [-0.2, -0.15) is 8.42 Å². The molecule has 0 aromatic heterocycles. The third-order valence-electron chi connectivity index (χ3n) is 2.41. The normalized spacial score (nSPS) is 11.3. The summed E-state index contributed by atoms with van der Waals surface area (Å²) in [4.78, 5) is 21.3. The van der Waals surface area contributed by atoms with E-state index in [0.717, 1.165) is 13.0 Å².